The number of aryl methyl sites for hydroxylation is 1. The summed E-state index contributed by atoms with van der Waals surface area (Å²) in [7, 11) is 0. The van der Waals surface area contributed by atoms with Crippen LogP contribution in [0.2, 0.25) is 0 Å². The van der Waals surface area contributed by atoms with E-state index in [0.717, 1.165) is 27.0 Å². The zero-order valence-electron chi connectivity index (χ0n) is 11.7. The van der Waals surface area contributed by atoms with Crippen LogP contribution in [-0.2, 0) is 0 Å². The van der Waals surface area contributed by atoms with Crippen LogP contribution >= 0.6 is 23.1 Å². The van der Waals surface area contributed by atoms with E-state index in [1.54, 1.807) is 6.20 Å². The fourth-order valence-corrected chi connectivity index (χ4v) is 3.24. The van der Waals surface area contributed by atoms with Crippen LogP contribution < -0.4 is 5.73 Å². The third-order valence-electron chi connectivity index (χ3n) is 2.98. The molecule has 0 saturated carbocycles. The fraction of sp³-hybridized carbons (Fsp3) is 0.133. The SMILES string of the molecule is CSc1nccc(-c2sc(N)nc2-c2cccc(C)c2)n1. The van der Waals surface area contributed by atoms with Crippen molar-refractivity contribution in [3.8, 4) is 21.8 Å². The first-order chi connectivity index (χ1) is 10.2. The molecule has 0 aliphatic heterocycles. The predicted molar refractivity (Wildman–Crippen MR) is 89.5 cm³/mol. The van der Waals surface area contributed by atoms with E-state index in [0.29, 0.717) is 5.13 Å². The minimum Gasteiger partial charge on any atom is -0.375 e. The maximum absolute atomic E-state index is 5.92. The quantitative estimate of drug-likeness (QED) is 0.587. The summed E-state index contributed by atoms with van der Waals surface area (Å²) in [5, 5.41) is 1.29. The molecule has 106 valence electrons. The van der Waals surface area contributed by atoms with Crippen molar-refractivity contribution >= 4 is 28.2 Å². The van der Waals surface area contributed by atoms with Crippen molar-refractivity contribution in [2.24, 2.45) is 0 Å². The molecule has 4 nitrogen and oxygen atoms in total. The van der Waals surface area contributed by atoms with Gasteiger partial charge in [0.25, 0.3) is 0 Å². The predicted octanol–water partition coefficient (Wildman–Crippen LogP) is 3.88. The Labute approximate surface area is 131 Å². The second-order valence-corrected chi connectivity index (χ2v) is 6.33. The molecule has 2 heterocycles. The summed E-state index contributed by atoms with van der Waals surface area (Å²) in [6.45, 7) is 2.06. The number of thiazole rings is 1. The van der Waals surface area contributed by atoms with Gasteiger partial charge in [-0.15, -0.1) is 0 Å². The lowest BCUT2D eigenvalue weighted by Crippen LogP contribution is -1.89. The van der Waals surface area contributed by atoms with Gasteiger partial charge in [0.2, 0.25) is 0 Å². The molecular formula is C15H14N4S2. The van der Waals surface area contributed by atoms with Crippen molar-refractivity contribution < 1.29 is 0 Å². The summed E-state index contributed by atoms with van der Waals surface area (Å²) in [5.74, 6) is 0. The molecular weight excluding hydrogens is 300 g/mol. The van der Waals surface area contributed by atoms with Gasteiger partial charge in [-0.1, -0.05) is 46.9 Å². The van der Waals surface area contributed by atoms with Crippen molar-refractivity contribution in [1.82, 2.24) is 15.0 Å². The Hall–Kier alpha value is -1.92. The maximum Gasteiger partial charge on any atom is 0.187 e. The van der Waals surface area contributed by atoms with Crippen LogP contribution in [0.1, 0.15) is 5.56 Å². The molecule has 0 spiro atoms. The van der Waals surface area contributed by atoms with Crippen molar-refractivity contribution in [3.63, 3.8) is 0 Å². The molecule has 0 aliphatic rings. The minimum absolute atomic E-state index is 0.547. The van der Waals surface area contributed by atoms with Crippen molar-refractivity contribution in [2.45, 2.75) is 12.1 Å². The third kappa shape index (κ3) is 2.91. The molecule has 21 heavy (non-hydrogen) atoms. The molecule has 3 aromatic rings. The molecule has 6 heteroatoms. The second kappa shape index (κ2) is 5.83. The minimum atomic E-state index is 0.547. The molecule has 0 amide bonds. The lowest BCUT2D eigenvalue weighted by Gasteiger charge is -2.04. The van der Waals surface area contributed by atoms with Gasteiger partial charge in [0.05, 0.1) is 16.3 Å². The zero-order valence-corrected chi connectivity index (χ0v) is 13.3. The molecule has 0 saturated heterocycles. The second-order valence-electron chi connectivity index (χ2n) is 4.53. The summed E-state index contributed by atoms with van der Waals surface area (Å²) in [4.78, 5) is 14.2. The molecule has 0 radical (unpaired) electrons. The first kappa shape index (κ1) is 14.0. The molecule has 0 unspecified atom stereocenters. The summed E-state index contributed by atoms with van der Waals surface area (Å²) in [6.07, 6.45) is 3.73. The van der Waals surface area contributed by atoms with Gasteiger partial charge in [-0.3, -0.25) is 0 Å². The summed E-state index contributed by atoms with van der Waals surface area (Å²) in [6, 6.07) is 10.1. The Morgan fingerprint density at radius 1 is 1.19 bits per heavy atom. The van der Waals surface area contributed by atoms with E-state index in [2.05, 4.69) is 34.0 Å². The summed E-state index contributed by atoms with van der Waals surface area (Å²) < 4.78 is 0. The number of anilines is 1. The number of benzene rings is 1. The summed E-state index contributed by atoms with van der Waals surface area (Å²) >= 11 is 2.97. The summed E-state index contributed by atoms with van der Waals surface area (Å²) in [5.41, 5.74) is 9.91. The normalized spacial score (nSPS) is 10.8. The van der Waals surface area contributed by atoms with Gasteiger partial charge in [0.15, 0.2) is 10.3 Å². The first-order valence-corrected chi connectivity index (χ1v) is 8.42. The Bertz CT molecular complexity index is 783. The highest BCUT2D eigenvalue weighted by Gasteiger charge is 2.15. The van der Waals surface area contributed by atoms with Gasteiger partial charge < -0.3 is 5.73 Å². The lowest BCUT2D eigenvalue weighted by molar-refractivity contribution is 0.978. The number of rotatable bonds is 3. The Morgan fingerprint density at radius 2 is 2.05 bits per heavy atom. The monoisotopic (exact) mass is 314 g/mol. The number of hydrogen-bond donors (Lipinski definition) is 1. The number of nitrogens with two attached hydrogens (primary N) is 1. The van der Waals surface area contributed by atoms with Gasteiger partial charge in [0.1, 0.15) is 0 Å². The average molecular weight is 314 g/mol. The number of nitrogen functional groups attached to an aromatic ring is 1. The lowest BCUT2D eigenvalue weighted by atomic mass is 10.1. The highest BCUT2D eigenvalue weighted by Crippen LogP contribution is 2.37. The zero-order chi connectivity index (χ0) is 14.8. The average Bonchev–Trinajstić information content (AvgIpc) is 2.89. The topological polar surface area (TPSA) is 64.7 Å². The number of hydrogen-bond acceptors (Lipinski definition) is 6. The van der Waals surface area contributed by atoms with E-state index in [9.17, 15) is 0 Å². The van der Waals surface area contributed by atoms with E-state index in [-0.39, 0.29) is 0 Å². The standard InChI is InChI=1S/C15H14N4S2/c1-9-4-3-5-10(8-9)12-13(21-14(16)19-12)11-6-7-17-15(18-11)20-2/h3-8H,1-2H3,(H2,16,19). The smallest absolute Gasteiger partial charge is 0.187 e. The molecule has 0 atom stereocenters. The number of aromatic nitrogens is 3. The van der Waals surface area contributed by atoms with Gasteiger partial charge in [-0.05, 0) is 25.3 Å². The molecule has 2 aromatic heterocycles. The molecule has 3 rings (SSSR count). The van der Waals surface area contributed by atoms with Crippen LogP contribution in [0, 0.1) is 6.92 Å². The Kier molecular flexibility index (Phi) is 3.90. The van der Waals surface area contributed by atoms with Crippen LogP contribution in [0.3, 0.4) is 0 Å². The molecule has 0 aliphatic carbocycles. The Balaban J connectivity index is 2.15. The largest absolute Gasteiger partial charge is 0.375 e. The van der Waals surface area contributed by atoms with Gasteiger partial charge in [-0.25, -0.2) is 15.0 Å². The van der Waals surface area contributed by atoms with Gasteiger partial charge in [-0.2, -0.15) is 0 Å². The van der Waals surface area contributed by atoms with Crippen molar-refractivity contribution in [2.75, 3.05) is 12.0 Å². The van der Waals surface area contributed by atoms with E-state index in [4.69, 9.17) is 5.73 Å². The van der Waals surface area contributed by atoms with E-state index in [1.165, 1.54) is 28.7 Å². The fourth-order valence-electron chi connectivity index (χ4n) is 2.06. The molecule has 1 aromatic carbocycles. The van der Waals surface area contributed by atoms with E-state index >= 15 is 0 Å². The van der Waals surface area contributed by atoms with Crippen LogP contribution in [0.15, 0.2) is 41.7 Å². The highest BCUT2D eigenvalue weighted by molar-refractivity contribution is 7.98. The van der Waals surface area contributed by atoms with Crippen molar-refractivity contribution in [1.29, 1.82) is 0 Å². The number of thioether (sulfide) groups is 1. The molecule has 2 N–H and O–H groups in total. The van der Waals surface area contributed by atoms with Crippen LogP contribution in [0.5, 0.6) is 0 Å². The van der Waals surface area contributed by atoms with Gasteiger partial charge in [0, 0.05) is 11.8 Å². The maximum atomic E-state index is 5.92. The Morgan fingerprint density at radius 3 is 2.81 bits per heavy atom. The van der Waals surface area contributed by atoms with Crippen LogP contribution in [0.4, 0.5) is 5.13 Å². The van der Waals surface area contributed by atoms with Gasteiger partial charge >= 0.3 is 0 Å². The van der Waals surface area contributed by atoms with E-state index < -0.39 is 0 Å². The third-order valence-corrected chi connectivity index (χ3v) is 4.45. The van der Waals surface area contributed by atoms with E-state index in [1.807, 2.05) is 24.5 Å². The highest BCUT2D eigenvalue weighted by atomic mass is 32.2. The molecule has 0 fully saturated rings. The van der Waals surface area contributed by atoms with Crippen LogP contribution in [-0.4, -0.2) is 21.2 Å². The van der Waals surface area contributed by atoms with Crippen molar-refractivity contribution in [3.05, 3.63) is 42.1 Å². The molecule has 0 bridgehead atoms. The van der Waals surface area contributed by atoms with Crippen LogP contribution in [0.25, 0.3) is 21.8 Å². The first-order valence-electron chi connectivity index (χ1n) is 6.38. The number of nitrogens with zero attached hydrogens (tertiary/aromatic N) is 3.